The lowest BCUT2D eigenvalue weighted by molar-refractivity contribution is 0.0758. The molecule has 1 saturated carbocycles. The second-order valence-corrected chi connectivity index (χ2v) is 8.43. The molecule has 0 N–H and O–H groups in total. The monoisotopic (exact) mass is 400 g/mol. The molecule has 0 unspecified atom stereocenters. The van der Waals surface area contributed by atoms with Gasteiger partial charge in [-0.2, -0.15) is 0 Å². The Labute approximate surface area is 177 Å². The van der Waals surface area contributed by atoms with Gasteiger partial charge in [-0.15, -0.1) is 0 Å². The molecule has 0 spiro atoms. The van der Waals surface area contributed by atoms with Crippen LogP contribution in [0.4, 0.5) is 0 Å². The Balaban J connectivity index is 1.31. The summed E-state index contributed by atoms with van der Waals surface area (Å²) in [5.74, 6) is 0.141. The van der Waals surface area contributed by atoms with Gasteiger partial charge in [-0.25, -0.2) is 0 Å². The molecular weight excluding hydrogens is 372 g/mol. The highest BCUT2D eigenvalue weighted by atomic mass is 16.2. The van der Waals surface area contributed by atoms with Crippen LogP contribution in [0.15, 0.2) is 54.9 Å². The van der Waals surface area contributed by atoms with Crippen molar-refractivity contribution in [2.24, 2.45) is 0 Å². The molecular formula is C25H28N4O. The van der Waals surface area contributed by atoms with E-state index in [9.17, 15) is 4.79 Å². The van der Waals surface area contributed by atoms with Gasteiger partial charge in [-0.05, 0) is 49.6 Å². The van der Waals surface area contributed by atoms with Crippen LogP contribution in [-0.4, -0.2) is 57.9 Å². The van der Waals surface area contributed by atoms with Crippen LogP contribution in [0.1, 0.15) is 42.5 Å². The minimum atomic E-state index is 0.141. The molecule has 5 rings (SSSR count). The summed E-state index contributed by atoms with van der Waals surface area (Å²) < 4.78 is 0. The number of carbonyl (C=O) groups excluding carboxylic acids is 1. The minimum absolute atomic E-state index is 0.141. The normalized spacial score (nSPS) is 18.6. The summed E-state index contributed by atoms with van der Waals surface area (Å²) in [6.45, 7) is 3.80. The number of hydrogen-bond acceptors (Lipinski definition) is 4. The molecule has 30 heavy (non-hydrogen) atoms. The molecule has 0 bridgehead atoms. The summed E-state index contributed by atoms with van der Waals surface area (Å²) in [5, 5.41) is 1.03. The van der Waals surface area contributed by atoms with E-state index in [4.69, 9.17) is 0 Å². The van der Waals surface area contributed by atoms with E-state index in [1.165, 1.54) is 25.7 Å². The minimum Gasteiger partial charge on any atom is -0.337 e. The van der Waals surface area contributed by atoms with E-state index in [1.807, 2.05) is 47.4 Å². The van der Waals surface area contributed by atoms with Crippen LogP contribution in [-0.2, 0) is 0 Å². The number of fused-ring (bicyclic) bond motifs is 1. The van der Waals surface area contributed by atoms with Crippen molar-refractivity contribution >= 4 is 16.8 Å². The van der Waals surface area contributed by atoms with Gasteiger partial charge in [0.1, 0.15) is 0 Å². The molecule has 1 aromatic carbocycles. The molecule has 2 fully saturated rings. The highest BCUT2D eigenvalue weighted by Crippen LogP contribution is 2.27. The maximum absolute atomic E-state index is 13.1. The maximum atomic E-state index is 13.1. The highest BCUT2D eigenvalue weighted by molar-refractivity contribution is 5.96. The van der Waals surface area contributed by atoms with Crippen LogP contribution in [0.2, 0.25) is 0 Å². The third kappa shape index (κ3) is 3.82. The first kappa shape index (κ1) is 19.2. The molecule has 1 aliphatic carbocycles. The van der Waals surface area contributed by atoms with Gasteiger partial charge in [0.25, 0.3) is 5.91 Å². The third-order valence-electron chi connectivity index (χ3n) is 6.59. The second kappa shape index (κ2) is 8.52. The van der Waals surface area contributed by atoms with Crippen LogP contribution in [0, 0.1) is 0 Å². The molecule has 154 valence electrons. The zero-order valence-corrected chi connectivity index (χ0v) is 17.3. The number of aromatic nitrogens is 2. The lowest BCUT2D eigenvalue weighted by Crippen LogP contribution is -2.38. The molecule has 0 radical (unpaired) electrons. The quantitative estimate of drug-likeness (QED) is 0.654. The Hall–Kier alpha value is -2.79. The Bertz CT molecular complexity index is 1020. The largest absolute Gasteiger partial charge is 0.337 e. The SMILES string of the molecule is O=C(c1ccc(-c2nccc3ncccc23)cc1)N1CCCN(C2CCCC2)CC1. The molecule has 5 heteroatoms. The smallest absolute Gasteiger partial charge is 0.253 e. The van der Waals surface area contributed by atoms with Crippen molar-refractivity contribution in [3.05, 3.63) is 60.4 Å². The Morgan fingerprint density at radius 1 is 0.833 bits per heavy atom. The lowest BCUT2D eigenvalue weighted by Gasteiger charge is -2.27. The number of benzene rings is 1. The molecule has 1 aliphatic heterocycles. The van der Waals surface area contributed by atoms with E-state index in [2.05, 4.69) is 14.9 Å². The summed E-state index contributed by atoms with van der Waals surface area (Å²) in [7, 11) is 0. The van der Waals surface area contributed by atoms with Crippen molar-refractivity contribution < 1.29 is 4.79 Å². The van der Waals surface area contributed by atoms with Gasteiger partial charge in [-0.1, -0.05) is 25.0 Å². The van der Waals surface area contributed by atoms with Crippen LogP contribution >= 0.6 is 0 Å². The standard InChI is InChI=1S/C25H28N4O/c30-25(29-16-4-15-28(17-18-29)21-5-1-2-6-21)20-10-8-19(9-11-20)24-22-7-3-13-26-23(22)12-14-27-24/h3,7-14,21H,1-2,4-6,15-18H2. The molecule has 2 aromatic heterocycles. The second-order valence-electron chi connectivity index (χ2n) is 8.43. The van der Waals surface area contributed by atoms with Crippen molar-refractivity contribution in [3.8, 4) is 11.3 Å². The van der Waals surface area contributed by atoms with Crippen molar-refractivity contribution in [1.29, 1.82) is 0 Å². The van der Waals surface area contributed by atoms with E-state index in [1.54, 1.807) is 12.4 Å². The Morgan fingerprint density at radius 2 is 1.67 bits per heavy atom. The maximum Gasteiger partial charge on any atom is 0.253 e. The van der Waals surface area contributed by atoms with Crippen LogP contribution in [0.25, 0.3) is 22.2 Å². The van der Waals surface area contributed by atoms with E-state index in [-0.39, 0.29) is 5.91 Å². The molecule has 3 heterocycles. The third-order valence-corrected chi connectivity index (χ3v) is 6.59. The van der Waals surface area contributed by atoms with E-state index >= 15 is 0 Å². The number of nitrogens with zero attached hydrogens (tertiary/aromatic N) is 4. The number of pyridine rings is 2. The lowest BCUT2D eigenvalue weighted by atomic mass is 10.0. The zero-order valence-electron chi connectivity index (χ0n) is 17.3. The van der Waals surface area contributed by atoms with Crippen molar-refractivity contribution in [2.75, 3.05) is 26.2 Å². The number of amides is 1. The zero-order chi connectivity index (χ0) is 20.3. The molecule has 1 amide bonds. The summed E-state index contributed by atoms with van der Waals surface area (Å²) >= 11 is 0. The predicted octanol–water partition coefficient (Wildman–Crippen LogP) is 4.39. The number of rotatable bonds is 3. The average Bonchev–Trinajstić information content (AvgIpc) is 3.23. The summed E-state index contributed by atoms with van der Waals surface area (Å²) in [5.41, 5.74) is 3.60. The van der Waals surface area contributed by atoms with Crippen LogP contribution in [0.3, 0.4) is 0 Å². The van der Waals surface area contributed by atoms with E-state index in [0.29, 0.717) is 0 Å². The molecule has 2 aliphatic rings. The van der Waals surface area contributed by atoms with Crippen LogP contribution < -0.4 is 0 Å². The fraction of sp³-hybridized carbons (Fsp3) is 0.400. The van der Waals surface area contributed by atoms with Gasteiger partial charge in [0, 0.05) is 61.1 Å². The first-order valence-corrected chi connectivity index (χ1v) is 11.1. The van der Waals surface area contributed by atoms with Gasteiger partial charge >= 0.3 is 0 Å². The first-order chi connectivity index (χ1) is 14.8. The van der Waals surface area contributed by atoms with E-state index in [0.717, 1.165) is 66.4 Å². The van der Waals surface area contributed by atoms with Gasteiger partial charge in [-0.3, -0.25) is 19.7 Å². The number of carbonyl (C=O) groups is 1. The summed E-state index contributed by atoms with van der Waals surface area (Å²) in [6, 6.07) is 14.5. The molecule has 1 saturated heterocycles. The van der Waals surface area contributed by atoms with Gasteiger partial charge in [0.05, 0.1) is 11.2 Å². The molecule has 3 aromatic rings. The topological polar surface area (TPSA) is 49.3 Å². The van der Waals surface area contributed by atoms with Crippen LogP contribution in [0.5, 0.6) is 0 Å². The predicted molar refractivity (Wildman–Crippen MR) is 119 cm³/mol. The van der Waals surface area contributed by atoms with Crippen molar-refractivity contribution in [3.63, 3.8) is 0 Å². The highest BCUT2D eigenvalue weighted by Gasteiger charge is 2.26. The number of hydrogen-bond donors (Lipinski definition) is 0. The van der Waals surface area contributed by atoms with Crippen molar-refractivity contribution in [1.82, 2.24) is 19.8 Å². The summed E-state index contributed by atoms with van der Waals surface area (Å²) in [6.07, 6.45) is 10.0. The summed E-state index contributed by atoms with van der Waals surface area (Å²) in [4.78, 5) is 26.7. The van der Waals surface area contributed by atoms with E-state index < -0.39 is 0 Å². The average molecular weight is 401 g/mol. The van der Waals surface area contributed by atoms with Gasteiger partial charge in [0.15, 0.2) is 0 Å². The first-order valence-electron chi connectivity index (χ1n) is 11.1. The Kier molecular flexibility index (Phi) is 5.45. The molecule has 5 nitrogen and oxygen atoms in total. The van der Waals surface area contributed by atoms with Gasteiger partial charge < -0.3 is 4.90 Å². The fourth-order valence-corrected chi connectivity index (χ4v) is 4.96. The fourth-order valence-electron chi connectivity index (χ4n) is 4.96. The van der Waals surface area contributed by atoms with Gasteiger partial charge in [0.2, 0.25) is 0 Å². The Morgan fingerprint density at radius 3 is 2.50 bits per heavy atom. The van der Waals surface area contributed by atoms with Crippen molar-refractivity contribution in [2.45, 2.75) is 38.1 Å². The molecule has 0 atom stereocenters.